The van der Waals surface area contributed by atoms with Gasteiger partial charge in [-0.25, -0.2) is 0 Å². The molecule has 0 heterocycles. The molecule has 1 aromatic rings. The van der Waals surface area contributed by atoms with Crippen LogP contribution < -0.4 is 10.1 Å². The maximum atomic E-state index is 5.76. The Morgan fingerprint density at radius 1 is 1.30 bits per heavy atom. The van der Waals surface area contributed by atoms with Gasteiger partial charge in [-0.05, 0) is 48.6 Å². The highest BCUT2D eigenvalue weighted by molar-refractivity contribution is 5.40. The third-order valence-electron chi connectivity index (χ3n) is 3.59. The van der Waals surface area contributed by atoms with Crippen molar-refractivity contribution in [3.63, 3.8) is 0 Å². The summed E-state index contributed by atoms with van der Waals surface area (Å²) in [7, 11) is 0. The van der Waals surface area contributed by atoms with Gasteiger partial charge in [0.2, 0.25) is 0 Å². The van der Waals surface area contributed by atoms with Crippen molar-refractivity contribution in [3.8, 4) is 5.75 Å². The lowest BCUT2D eigenvalue weighted by atomic mass is 10.1. The first-order valence-corrected chi connectivity index (χ1v) is 7.77. The van der Waals surface area contributed by atoms with E-state index in [0.29, 0.717) is 25.2 Å². The number of hydrogen-bond acceptors (Lipinski definition) is 3. The maximum Gasteiger partial charge on any atom is 0.119 e. The number of rotatable bonds is 8. The molecule has 0 radical (unpaired) electrons. The van der Waals surface area contributed by atoms with Crippen LogP contribution in [-0.2, 0) is 11.2 Å². The van der Waals surface area contributed by atoms with Gasteiger partial charge in [-0.1, -0.05) is 26.8 Å². The van der Waals surface area contributed by atoms with Crippen LogP contribution in [0.25, 0.3) is 0 Å². The lowest BCUT2D eigenvalue weighted by molar-refractivity contribution is 0.0819. The zero-order chi connectivity index (χ0) is 14.4. The molecular formula is C17H27NO2. The van der Waals surface area contributed by atoms with Gasteiger partial charge in [0.05, 0.1) is 6.61 Å². The van der Waals surface area contributed by atoms with E-state index >= 15 is 0 Å². The molecule has 0 bridgehead atoms. The number of benzene rings is 1. The molecule has 20 heavy (non-hydrogen) atoms. The number of hydrogen-bond donors (Lipinski definition) is 1. The van der Waals surface area contributed by atoms with Crippen molar-refractivity contribution in [2.24, 2.45) is 5.92 Å². The van der Waals surface area contributed by atoms with E-state index in [-0.39, 0.29) is 0 Å². The highest BCUT2D eigenvalue weighted by Crippen LogP contribution is 2.33. The van der Waals surface area contributed by atoms with Crippen molar-refractivity contribution < 1.29 is 9.47 Å². The van der Waals surface area contributed by atoms with E-state index in [1.165, 1.54) is 17.5 Å². The standard InChI is InChI=1S/C17H27NO2/c1-4-18-17-8-5-14-11-15(6-7-16(14)17)20-10-9-19-12-13(2)3/h6-7,11,13,17-18H,4-5,8-10,12H2,1-3H3. The van der Waals surface area contributed by atoms with Crippen LogP contribution in [0.1, 0.15) is 44.4 Å². The summed E-state index contributed by atoms with van der Waals surface area (Å²) in [5.74, 6) is 1.55. The fourth-order valence-corrected chi connectivity index (χ4v) is 2.68. The molecule has 0 aromatic heterocycles. The number of ether oxygens (including phenoxy) is 2. The summed E-state index contributed by atoms with van der Waals surface area (Å²) in [5, 5.41) is 3.53. The molecule has 1 aromatic carbocycles. The van der Waals surface area contributed by atoms with Crippen LogP contribution in [0.2, 0.25) is 0 Å². The Morgan fingerprint density at radius 2 is 2.15 bits per heavy atom. The topological polar surface area (TPSA) is 30.5 Å². The average Bonchev–Trinajstić information content (AvgIpc) is 2.81. The average molecular weight is 277 g/mol. The van der Waals surface area contributed by atoms with Gasteiger partial charge in [0, 0.05) is 12.6 Å². The van der Waals surface area contributed by atoms with Crippen molar-refractivity contribution in [1.82, 2.24) is 5.32 Å². The van der Waals surface area contributed by atoms with Crippen molar-refractivity contribution >= 4 is 0 Å². The third kappa shape index (κ3) is 4.22. The first kappa shape index (κ1) is 15.3. The Balaban J connectivity index is 1.80. The summed E-state index contributed by atoms with van der Waals surface area (Å²) in [6.07, 6.45) is 2.35. The van der Waals surface area contributed by atoms with Crippen molar-refractivity contribution in [3.05, 3.63) is 29.3 Å². The van der Waals surface area contributed by atoms with E-state index in [0.717, 1.165) is 25.3 Å². The zero-order valence-electron chi connectivity index (χ0n) is 12.9. The number of fused-ring (bicyclic) bond motifs is 1. The number of nitrogens with one attached hydrogen (secondary N) is 1. The summed E-state index contributed by atoms with van der Waals surface area (Å²) in [5.41, 5.74) is 2.87. The summed E-state index contributed by atoms with van der Waals surface area (Å²) in [6.45, 7) is 9.59. The fraction of sp³-hybridized carbons (Fsp3) is 0.647. The van der Waals surface area contributed by atoms with Gasteiger partial charge in [-0.2, -0.15) is 0 Å². The summed E-state index contributed by atoms with van der Waals surface area (Å²) in [6, 6.07) is 7.00. The molecule has 1 atom stereocenters. The molecule has 3 nitrogen and oxygen atoms in total. The molecule has 0 amide bonds. The van der Waals surface area contributed by atoms with Crippen molar-refractivity contribution in [2.75, 3.05) is 26.4 Å². The van der Waals surface area contributed by atoms with Crippen LogP contribution in [0.4, 0.5) is 0 Å². The molecule has 2 rings (SSSR count). The fourth-order valence-electron chi connectivity index (χ4n) is 2.68. The maximum absolute atomic E-state index is 5.76. The van der Waals surface area contributed by atoms with Crippen LogP contribution in [0.5, 0.6) is 5.75 Å². The normalized spacial score (nSPS) is 17.5. The van der Waals surface area contributed by atoms with Crippen LogP contribution in [-0.4, -0.2) is 26.4 Å². The van der Waals surface area contributed by atoms with E-state index in [1.54, 1.807) is 0 Å². The first-order chi connectivity index (χ1) is 9.70. The van der Waals surface area contributed by atoms with E-state index in [9.17, 15) is 0 Å². The molecule has 0 spiro atoms. The summed E-state index contributed by atoms with van der Waals surface area (Å²) in [4.78, 5) is 0. The van der Waals surface area contributed by atoms with Crippen LogP contribution in [0.15, 0.2) is 18.2 Å². The number of aryl methyl sites for hydroxylation is 1. The quantitative estimate of drug-likeness (QED) is 0.739. The van der Waals surface area contributed by atoms with Crippen molar-refractivity contribution in [2.45, 2.75) is 39.7 Å². The molecule has 112 valence electrons. The van der Waals surface area contributed by atoms with E-state index < -0.39 is 0 Å². The molecule has 0 fully saturated rings. The van der Waals surface area contributed by atoms with Gasteiger partial charge in [0.1, 0.15) is 12.4 Å². The Labute approximate surface area is 122 Å². The van der Waals surface area contributed by atoms with Crippen LogP contribution in [0.3, 0.4) is 0 Å². The van der Waals surface area contributed by atoms with E-state index in [2.05, 4.69) is 44.3 Å². The SMILES string of the molecule is CCNC1CCc2cc(OCCOCC(C)C)ccc21. The second-order valence-electron chi connectivity index (χ2n) is 5.83. The molecular weight excluding hydrogens is 250 g/mol. The molecule has 1 aliphatic rings. The van der Waals surface area contributed by atoms with Crippen molar-refractivity contribution in [1.29, 1.82) is 0 Å². The second-order valence-corrected chi connectivity index (χ2v) is 5.83. The lowest BCUT2D eigenvalue weighted by Crippen LogP contribution is -2.18. The second kappa shape index (κ2) is 7.65. The predicted molar refractivity (Wildman–Crippen MR) is 82.3 cm³/mol. The van der Waals surface area contributed by atoms with E-state index in [4.69, 9.17) is 9.47 Å². The Bertz CT molecular complexity index is 417. The molecule has 1 aliphatic carbocycles. The Kier molecular flexibility index (Phi) is 5.86. The van der Waals surface area contributed by atoms with Gasteiger partial charge in [-0.3, -0.25) is 0 Å². The van der Waals surface area contributed by atoms with Gasteiger partial charge < -0.3 is 14.8 Å². The molecule has 0 saturated carbocycles. The first-order valence-electron chi connectivity index (χ1n) is 7.77. The summed E-state index contributed by atoms with van der Waals surface area (Å²) < 4.78 is 11.3. The largest absolute Gasteiger partial charge is 0.491 e. The van der Waals surface area contributed by atoms with E-state index in [1.807, 2.05) is 0 Å². The smallest absolute Gasteiger partial charge is 0.119 e. The minimum atomic E-state index is 0.526. The minimum Gasteiger partial charge on any atom is -0.491 e. The molecule has 3 heteroatoms. The molecule has 1 unspecified atom stereocenters. The lowest BCUT2D eigenvalue weighted by Gasteiger charge is -2.13. The predicted octanol–water partition coefficient (Wildman–Crippen LogP) is 3.33. The molecule has 0 saturated heterocycles. The van der Waals surface area contributed by atoms with Gasteiger partial charge in [0.25, 0.3) is 0 Å². The van der Waals surface area contributed by atoms with Gasteiger partial charge >= 0.3 is 0 Å². The van der Waals surface area contributed by atoms with Gasteiger partial charge in [-0.15, -0.1) is 0 Å². The monoisotopic (exact) mass is 277 g/mol. The highest BCUT2D eigenvalue weighted by Gasteiger charge is 2.21. The highest BCUT2D eigenvalue weighted by atomic mass is 16.5. The van der Waals surface area contributed by atoms with Gasteiger partial charge in [0.15, 0.2) is 0 Å². The van der Waals surface area contributed by atoms with Crippen LogP contribution in [0, 0.1) is 5.92 Å². The Morgan fingerprint density at radius 3 is 2.90 bits per heavy atom. The summed E-state index contributed by atoms with van der Waals surface area (Å²) >= 11 is 0. The molecule has 0 aliphatic heterocycles. The van der Waals surface area contributed by atoms with Crippen LogP contribution >= 0.6 is 0 Å². The third-order valence-corrected chi connectivity index (χ3v) is 3.59. The zero-order valence-corrected chi connectivity index (χ0v) is 12.9. The minimum absolute atomic E-state index is 0.526. The Hall–Kier alpha value is -1.06. The molecule has 1 N–H and O–H groups in total.